The Morgan fingerprint density at radius 1 is 1.05 bits per heavy atom. The van der Waals surface area contributed by atoms with E-state index < -0.39 is 0 Å². The van der Waals surface area contributed by atoms with Crippen LogP contribution in [0.3, 0.4) is 0 Å². The Bertz CT molecular complexity index is 562. The first-order chi connectivity index (χ1) is 9.72. The maximum atomic E-state index is 5.49. The van der Waals surface area contributed by atoms with Gasteiger partial charge in [-0.1, -0.05) is 12.1 Å². The summed E-state index contributed by atoms with van der Waals surface area (Å²) >= 11 is 0. The number of nitrogens with zero attached hydrogens (tertiary/aromatic N) is 1. The second-order valence-corrected chi connectivity index (χ2v) is 4.48. The van der Waals surface area contributed by atoms with E-state index in [-0.39, 0.29) is 6.04 Å². The number of methoxy groups -OCH3 is 2. The first kappa shape index (κ1) is 14.3. The van der Waals surface area contributed by atoms with Crippen LogP contribution in [0.4, 0.5) is 0 Å². The van der Waals surface area contributed by atoms with Gasteiger partial charge in [0.15, 0.2) is 0 Å². The molecule has 0 spiro atoms. The van der Waals surface area contributed by atoms with Gasteiger partial charge in [0, 0.05) is 11.9 Å². The average molecular weight is 272 g/mol. The number of ether oxygens (including phenoxy) is 2. The number of pyridine rings is 1. The van der Waals surface area contributed by atoms with Crippen LogP contribution >= 0.6 is 0 Å². The lowest BCUT2D eigenvalue weighted by Gasteiger charge is -2.23. The summed E-state index contributed by atoms with van der Waals surface area (Å²) in [4.78, 5) is 4.36. The van der Waals surface area contributed by atoms with Crippen molar-refractivity contribution < 1.29 is 9.47 Å². The van der Waals surface area contributed by atoms with Crippen molar-refractivity contribution in [3.8, 4) is 11.5 Å². The summed E-state index contributed by atoms with van der Waals surface area (Å²) in [6.07, 6.45) is 1.80. The first-order valence-electron chi connectivity index (χ1n) is 6.52. The highest BCUT2D eigenvalue weighted by Gasteiger charge is 2.22. The molecule has 1 heterocycles. The fraction of sp³-hybridized carbons (Fsp3) is 0.312. The van der Waals surface area contributed by atoms with Gasteiger partial charge in [-0.2, -0.15) is 0 Å². The molecule has 2 aromatic rings. The summed E-state index contributed by atoms with van der Waals surface area (Å²) in [6, 6.07) is 9.77. The summed E-state index contributed by atoms with van der Waals surface area (Å²) in [6.45, 7) is 2.00. The second kappa shape index (κ2) is 6.39. The van der Waals surface area contributed by atoms with Crippen molar-refractivity contribution in [3.05, 3.63) is 53.3 Å². The van der Waals surface area contributed by atoms with Crippen molar-refractivity contribution in [2.75, 3.05) is 21.3 Å². The zero-order valence-electron chi connectivity index (χ0n) is 12.3. The molecule has 106 valence electrons. The van der Waals surface area contributed by atoms with E-state index in [1.807, 2.05) is 38.2 Å². The van der Waals surface area contributed by atoms with Gasteiger partial charge in [-0.25, -0.2) is 0 Å². The molecule has 0 bridgehead atoms. The molecule has 1 N–H and O–H groups in total. The Hall–Kier alpha value is -2.07. The fourth-order valence-electron chi connectivity index (χ4n) is 2.42. The molecule has 1 aromatic carbocycles. The third-order valence-corrected chi connectivity index (χ3v) is 3.40. The van der Waals surface area contributed by atoms with Gasteiger partial charge in [-0.15, -0.1) is 0 Å². The largest absolute Gasteiger partial charge is 0.496 e. The van der Waals surface area contributed by atoms with E-state index in [1.54, 1.807) is 20.4 Å². The molecule has 0 aliphatic rings. The van der Waals surface area contributed by atoms with Gasteiger partial charge in [-0.3, -0.25) is 4.98 Å². The van der Waals surface area contributed by atoms with Gasteiger partial charge < -0.3 is 14.8 Å². The molecule has 0 fully saturated rings. The van der Waals surface area contributed by atoms with Crippen molar-refractivity contribution >= 4 is 0 Å². The lowest BCUT2D eigenvalue weighted by atomic mass is 9.96. The van der Waals surface area contributed by atoms with Crippen molar-refractivity contribution in [3.63, 3.8) is 0 Å². The van der Waals surface area contributed by atoms with Crippen molar-refractivity contribution in [1.82, 2.24) is 10.3 Å². The number of aryl methyl sites for hydroxylation is 1. The van der Waals surface area contributed by atoms with Crippen LogP contribution in [0.25, 0.3) is 0 Å². The smallest absolute Gasteiger partial charge is 0.127 e. The summed E-state index contributed by atoms with van der Waals surface area (Å²) in [5, 5.41) is 3.32. The third kappa shape index (κ3) is 2.60. The minimum absolute atomic E-state index is 0.0326. The summed E-state index contributed by atoms with van der Waals surface area (Å²) < 4.78 is 11.0. The number of rotatable bonds is 5. The lowest BCUT2D eigenvalue weighted by Crippen LogP contribution is -2.20. The van der Waals surface area contributed by atoms with Gasteiger partial charge in [-0.05, 0) is 37.7 Å². The molecule has 0 saturated carbocycles. The standard InChI is InChI=1S/C16H20N2O2/c1-11-12(7-6-10-18-11)16(17-2)15-13(19-3)8-5-9-14(15)20-4/h5-10,16-17H,1-4H3. The topological polar surface area (TPSA) is 43.4 Å². The summed E-state index contributed by atoms with van der Waals surface area (Å²) in [5.41, 5.74) is 3.08. The van der Waals surface area contributed by atoms with E-state index in [2.05, 4.69) is 16.4 Å². The Balaban J connectivity index is 2.60. The molecule has 4 heteroatoms. The van der Waals surface area contributed by atoms with Crippen LogP contribution in [0.2, 0.25) is 0 Å². The van der Waals surface area contributed by atoms with Gasteiger partial charge in [0.25, 0.3) is 0 Å². The Labute approximate surface area is 119 Å². The minimum atomic E-state index is -0.0326. The third-order valence-electron chi connectivity index (χ3n) is 3.40. The maximum Gasteiger partial charge on any atom is 0.127 e. The Kier molecular flexibility index (Phi) is 4.58. The highest BCUT2D eigenvalue weighted by atomic mass is 16.5. The van der Waals surface area contributed by atoms with Crippen LogP contribution in [-0.2, 0) is 0 Å². The Morgan fingerprint density at radius 3 is 2.20 bits per heavy atom. The van der Waals surface area contributed by atoms with Gasteiger partial charge in [0.05, 0.1) is 25.8 Å². The molecule has 0 radical (unpaired) electrons. The molecule has 0 saturated heterocycles. The number of hydrogen-bond acceptors (Lipinski definition) is 4. The first-order valence-corrected chi connectivity index (χ1v) is 6.52. The molecule has 0 amide bonds. The van der Waals surface area contributed by atoms with Crippen molar-refractivity contribution in [2.45, 2.75) is 13.0 Å². The van der Waals surface area contributed by atoms with Crippen LogP contribution in [0.5, 0.6) is 11.5 Å². The molecular weight excluding hydrogens is 252 g/mol. The van der Waals surface area contributed by atoms with Gasteiger partial charge in [0.1, 0.15) is 11.5 Å². The van der Waals surface area contributed by atoms with Crippen LogP contribution < -0.4 is 14.8 Å². The van der Waals surface area contributed by atoms with E-state index in [4.69, 9.17) is 9.47 Å². The highest BCUT2D eigenvalue weighted by Crippen LogP contribution is 2.37. The van der Waals surface area contributed by atoms with E-state index in [1.165, 1.54) is 0 Å². The van der Waals surface area contributed by atoms with E-state index in [9.17, 15) is 0 Å². The van der Waals surface area contributed by atoms with Crippen molar-refractivity contribution in [2.24, 2.45) is 0 Å². The predicted molar refractivity (Wildman–Crippen MR) is 79.4 cm³/mol. The van der Waals surface area contributed by atoms with Gasteiger partial charge in [0.2, 0.25) is 0 Å². The molecule has 2 rings (SSSR count). The number of hydrogen-bond donors (Lipinski definition) is 1. The van der Waals surface area contributed by atoms with E-state index in [0.717, 1.165) is 28.3 Å². The van der Waals surface area contributed by atoms with E-state index >= 15 is 0 Å². The molecule has 0 aliphatic carbocycles. The van der Waals surface area contributed by atoms with Crippen LogP contribution in [0.15, 0.2) is 36.5 Å². The second-order valence-electron chi connectivity index (χ2n) is 4.48. The molecule has 20 heavy (non-hydrogen) atoms. The van der Waals surface area contributed by atoms with Crippen LogP contribution in [0.1, 0.15) is 22.9 Å². The molecule has 1 atom stereocenters. The minimum Gasteiger partial charge on any atom is -0.496 e. The van der Waals surface area contributed by atoms with Crippen LogP contribution in [-0.4, -0.2) is 26.3 Å². The Morgan fingerprint density at radius 2 is 1.70 bits per heavy atom. The average Bonchev–Trinajstić information content (AvgIpc) is 2.49. The highest BCUT2D eigenvalue weighted by molar-refractivity contribution is 5.51. The lowest BCUT2D eigenvalue weighted by molar-refractivity contribution is 0.378. The molecule has 1 unspecified atom stereocenters. The number of nitrogens with one attached hydrogen (secondary N) is 1. The predicted octanol–water partition coefficient (Wildman–Crippen LogP) is 2.72. The zero-order valence-corrected chi connectivity index (χ0v) is 12.3. The van der Waals surface area contributed by atoms with E-state index in [0.29, 0.717) is 0 Å². The number of benzene rings is 1. The maximum absolute atomic E-state index is 5.49. The zero-order chi connectivity index (χ0) is 14.5. The summed E-state index contributed by atoms with van der Waals surface area (Å²) in [7, 11) is 5.26. The van der Waals surface area contributed by atoms with Crippen LogP contribution in [0, 0.1) is 6.92 Å². The fourth-order valence-corrected chi connectivity index (χ4v) is 2.42. The van der Waals surface area contributed by atoms with Crippen molar-refractivity contribution in [1.29, 1.82) is 0 Å². The SMILES string of the molecule is CNC(c1cccnc1C)c1c(OC)cccc1OC. The van der Waals surface area contributed by atoms with Gasteiger partial charge >= 0.3 is 0 Å². The molecule has 4 nitrogen and oxygen atoms in total. The molecular formula is C16H20N2O2. The summed E-state index contributed by atoms with van der Waals surface area (Å²) in [5.74, 6) is 1.60. The monoisotopic (exact) mass is 272 g/mol. The molecule has 1 aromatic heterocycles. The molecule has 0 aliphatic heterocycles. The number of aromatic nitrogens is 1. The normalized spacial score (nSPS) is 12.0. The quantitative estimate of drug-likeness (QED) is 0.909.